The van der Waals surface area contributed by atoms with Crippen molar-refractivity contribution in [1.82, 2.24) is 0 Å². The molecule has 1 N–H and O–H groups in total. The minimum absolute atomic E-state index is 0.528. The molecule has 4 aliphatic rings. The molecule has 0 amide bonds. The van der Waals surface area contributed by atoms with Crippen LogP contribution >= 0.6 is 0 Å². The lowest BCUT2D eigenvalue weighted by Gasteiger charge is -2.61. The van der Waals surface area contributed by atoms with Crippen molar-refractivity contribution in [1.29, 1.82) is 0 Å². The van der Waals surface area contributed by atoms with E-state index in [1.54, 1.807) is 6.42 Å². The predicted octanol–water partition coefficient (Wildman–Crippen LogP) is 8.80. The van der Waals surface area contributed by atoms with E-state index in [1.165, 1.54) is 76.9 Å². The molecule has 0 aromatic heterocycles. The molecule has 1 heteroatoms. The Kier molecular flexibility index (Phi) is 6.68. The Morgan fingerprint density at radius 3 is 2.33 bits per heavy atom. The molecule has 0 radical (unpaired) electrons. The highest BCUT2D eigenvalue weighted by Crippen LogP contribution is 2.68. The quantitative estimate of drug-likeness (QED) is 0.430. The van der Waals surface area contributed by atoms with Gasteiger partial charge >= 0.3 is 0 Å². The van der Waals surface area contributed by atoms with E-state index in [9.17, 15) is 5.11 Å². The highest BCUT2D eigenvalue weighted by Gasteiger charge is 2.60. The lowest BCUT2D eigenvalue weighted by Crippen LogP contribution is -2.53. The zero-order chi connectivity index (χ0) is 21.5. The monoisotopic (exact) mass is 414 g/mol. The van der Waals surface area contributed by atoms with Crippen LogP contribution in [0.15, 0.2) is 12.3 Å². The summed E-state index contributed by atoms with van der Waals surface area (Å²) in [5, 5.41) is 9.29. The van der Waals surface area contributed by atoms with Gasteiger partial charge in [0.1, 0.15) is 0 Å². The van der Waals surface area contributed by atoms with Crippen LogP contribution in [0.1, 0.15) is 112 Å². The molecule has 0 spiro atoms. The van der Waals surface area contributed by atoms with Gasteiger partial charge in [-0.2, -0.15) is 0 Å². The zero-order valence-corrected chi connectivity index (χ0v) is 20.7. The smallest absolute Gasteiger partial charge is 0.0754 e. The van der Waals surface area contributed by atoms with Crippen LogP contribution in [-0.4, -0.2) is 5.11 Å². The highest BCUT2D eigenvalue weighted by molar-refractivity contribution is 5.09. The van der Waals surface area contributed by atoms with E-state index in [0.717, 1.165) is 35.5 Å². The lowest BCUT2D eigenvalue weighted by atomic mass is 9.44. The normalized spacial score (nSPS) is 45.7. The molecular formula is C29H50O. The molecule has 4 saturated carbocycles. The predicted molar refractivity (Wildman–Crippen MR) is 128 cm³/mol. The van der Waals surface area contributed by atoms with Gasteiger partial charge in [0.15, 0.2) is 0 Å². The maximum absolute atomic E-state index is 9.29. The van der Waals surface area contributed by atoms with Gasteiger partial charge in [0.2, 0.25) is 0 Å². The third-order valence-corrected chi connectivity index (χ3v) is 11.5. The fourth-order valence-corrected chi connectivity index (χ4v) is 9.69. The molecule has 30 heavy (non-hydrogen) atoms. The summed E-state index contributed by atoms with van der Waals surface area (Å²) >= 11 is 0. The Bertz CT molecular complexity index is 607. The van der Waals surface area contributed by atoms with Crippen molar-refractivity contribution in [2.24, 2.45) is 58.2 Å². The Labute approximate surface area is 187 Å². The Balaban J connectivity index is 1.44. The SMILES string of the molecule is CC(C)[C@H](/C=C/O)CC[C@@H](C)[C@H]1CC[C@H]2[C@@H]3CCC4CCCC[C@]4(C)[C@H]3CC[C@]12C. The van der Waals surface area contributed by atoms with Crippen LogP contribution in [0.3, 0.4) is 0 Å². The van der Waals surface area contributed by atoms with Gasteiger partial charge in [0.05, 0.1) is 6.26 Å². The van der Waals surface area contributed by atoms with Gasteiger partial charge in [-0.15, -0.1) is 0 Å². The number of fused-ring (bicyclic) bond motifs is 5. The van der Waals surface area contributed by atoms with E-state index in [4.69, 9.17) is 0 Å². The molecule has 1 unspecified atom stereocenters. The molecule has 0 bridgehead atoms. The molecule has 4 aliphatic carbocycles. The fourth-order valence-electron chi connectivity index (χ4n) is 9.69. The van der Waals surface area contributed by atoms with E-state index < -0.39 is 0 Å². The maximum Gasteiger partial charge on any atom is 0.0754 e. The van der Waals surface area contributed by atoms with E-state index in [1.807, 2.05) is 6.08 Å². The maximum atomic E-state index is 9.29. The minimum atomic E-state index is 0.528. The molecule has 4 fully saturated rings. The summed E-state index contributed by atoms with van der Waals surface area (Å²) in [5.74, 6) is 7.00. The number of aliphatic hydroxyl groups is 1. The van der Waals surface area contributed by atoms with Gasteiger partial charge < -0.3 is 5.11 Å². The van der Waals surface area contributed by atoms with Gasteiger partial charge in [-0.05, 0) is 128 Å². The van der Waals surface area contributed by atoms with Crippen LogP contribution in [0.4, 0.5) is 0 Å². The molecule has 1 nitrogen and oxygen atoms in total. The van der Waals surface area contributed by atoms with E-state index in [0.29, 0.717) is 22.7 Å². The van der Waals surface area contributed by atoms with Crippen molar-refractivity contribution in [2.75, 3.05) is 0 Å². The van der Waals surface area contributed by atoms with Crippen LogP contribution in [0.5, 0.6) is 0 Å². The number of rotatable bonds is 6. The summed E-state index contributed by atoms with van der Waals surface area (Å²) in [6, 6.07) is 0. The third-order valence-electron chi connectivity index (χ3n) is 11.5. The Hall–Kier alpha value is -0.460. The summed E-state index contributed by atoms with van der Waals surface area (Å²) in [5.41, 5.74) is 1.27. The highest BCUT2D eigenvalue weighted by atomic mass is 16.2. The number of aliphatic hydroxyl groups excluding tert-OH is 1. The first kappa shape index (κ1) is 22.7. The van der Waals surface area contributed by atoms with Crippen LogP contribution in [0.25, 0.3) is 0 Å². The Morgan fingerprint density at radius 2 is 1.60 bits per heavy atom. The summed E-state index contributed by atoms with van der Waals surface area (Å²) in [4.78, 5) is 0. The molecule has 4 rings (SSSR count). The molecule has 0 aromatic rings. The van der Waals surface area contributed by atoms with E-state index in [2.05, 4.69) is 34.6 Å². The van der Waals surface area contributed by atoms with Crippen LogP contribution in [0.2, 0.25) is 0 Å². The van der Waals surface area contributed by atoms with Crippen molar-refractivity contribution in [3.63, 3.8) is 0 Å². The van der Waals surface area contributed by atoms with Gasteiger partial charge in [-0.1, -0.05) is 47.5 Å². The van der Waals surface area contributed by atoms with Crippen molar-refractivity contribution < 1.29 is 5.11 Å². The van der Waals surface area contributed by atoms with Crippen molar-refractivity contribution in [2.45, 2.75) is 112 Å². The molecule has 9 atom stereocenters. The number of allylic oxidation sites excluding steroid dienone is 1. The van der Waals surface area contributed by atoms with Gasteiger partial charge in [-0.25, -0.2) is 0 Å². The van der Waals surface area contributed by atoms with Gasteiger partial charge in [0.25, 0.3) is 0 Å². The zero-order valence-electron chi connectivity index (χ0n) is 20.7. The largest absolute Gasteiger partial charge is 0.516 e. The third kappa shape index (κ3) is 3.79. The second-order valence-electron chi connectivity index (χ2n) is 12.9. The van der Waals surface area contributed by atoms with Crippen molar-refractivity contribution >= 4 is 0 Å². The van der Waals surface area contributed by atoms with E-state index in [-0.39, 0.29) is 0 Å². The first-order chi connectivity index (χ1) is 14.3. The summed E-state index contributed by atoms with van der Waals surface area (Å²) in [6.07, 6.45) is 21.0. The van der Waals surface area contributed by atoms with E-state index >= 15 is 0 Å². The molecule has 0 aliphatic heterocycles. The molecular weight excluding hydrogens is 364 g/mol. The molecule has 0 heterocycles. The fraction of sp³-hybridized carbons (Fsp3) is 0.931. The van der Waals surface area contributed by atoms with Crippen LogP contribution in [0, 0.1) is 58.2 Å². The van der Waals surface area contributed by atoms with Crippen molar-refractivity contribution in [3.8, 4) is 0 Å². The minimum Gasteiger partial charge on any atom is -0.516 e. The first-order valence-corrected chi connectivity index (χ1v) is 13.6. The molecule has 0 aromatic carbocycles. The second kappa shape index (κ2) is 8.82. The number of hydrogen-bond donors (Lipinski definition) is 1. The van der Waals surface area contributed by atoms with Crippen molar-refractivity contribution in [3.05, 3.63) is 12.3 Å². The summed E-state index contributed by atoms with van der Waals surface area (Å²) in [6.45, 7) is 12.6. The van der Waals surface area contributed by atoms with Gasteiger partial charge in [0, 0.05) is 0 Å². The summed E-state index contributed by atoms with van der Waals surface area (Å²) < 4.78 is 0. The molecule has 172 valence electrons. The first-order valence-electron chi connectivity index (χ1n) is 13.6. The van der Waals surface area contributed by atoms with Crippen LogP contribution in [-0.2, 0) is 0 Å². The number of hydrogen-bond acceptors (Lipinski definition) is 1. The topological polar surface area (TPSA) is 20.2 Å². The lowest BCUT2D eigenvalue weighted by molar-refractivity contribution is -0.114. The standard InChI is InChI=1S/C29H50O/c1-20(2)22(16-19-30)10-9-21(3)25-13-14-26-24-12-11-23-8-6-7-17-28(23,4)27(24)15-18-29(25,26)5/h16,19-27,30H,6-15,17-18H2,1-5H3/b19-16+/t21-,22+,23?,24+,25-,26+,27+,28+,29-/m1/s1. The Morgan fingerprint density at radius 1 is 0.833 bits per heavy atom. The average molecular weight is 415 g/mol. The average Bonchev–Trinajstić information content (AvgIpc) is 3.07. The molecule has 0 saturated heterocycles. The second-order valence-corrected chi connectivity index (χ2v) is 12.9. The van der Waals surface area contributed by atoms with Gasteiger partial charge in [-0.3, -0.25) is 0 Å². The summed E-state index contributed by atoms with van der Waals surface area (Å²) in [7, 11) is 0. The van der Waals surface area contributed by atoms with Crippen LogP contribution < -0.4 is 0 Å².